The molecule has 0 amide bonds. The molecule has 4 nitrogen and oxygen atoms in total. The van der Waals surface area contributed by atoms with Crippen molar-refractivity contribution in [2.24, 2.45) is 0 Å². The molecule has 0 aliphatic heterocycles. The monoisotopic (exact) mass is 260 g/mol. The molecule has 6 heteroatoms. The zero-order valence-corrected chi connectivity index (χ0v) is 10.5. The van der Waals surface area contributed by atoms with Gasteiger partial charge in [0.05, 0.1) is 10.8 Å². The molecule has 0 saturated heterocycles. The number of aryl methyl sites for hydroxylation is 1. The van der Waals surface area contributed by atoms with Crippen LogP contribution in [0, 0.1) is 12.7 Å². The highest BCUT2D eigenvalue weighted by molar-refractivity contribution is 7.90. The second-order valence-corrected chi connectivity index (χ2v) is 5.96. The normalized spacial score (nSPS) is 13.4. The maximum absolute atomic E-state index is 13.6. The van der Waals surface area contributed by atoms with Crippen molar-refractivity contribution in [3.05, 3.63) is 29.1 Å². The van der Waals surface area contributed by atoms with Gasteiger partial charge in [0.15, 0.2) is 9.84 Å². The highest BCUT2D eigenvalue weighted by atomic mass is 32.2. The molecule has 1 rings (SSSR count). The van der Waals surface area contributed by atoms with E-state index in [1.165, 1.54) is 13.8 Å². The van der Waals surface area contributed by atoms with E-state index in [-0.39, 0.29) is 16.0 Å². The van der Waals surface area contributed by atoms with Crippen LogP contribution in [0.3, 0.4) is 0 Å². The van der Waals surface area contributed by atoms with Gasteiger partial charge >= 0.3 is 5.97 Å². The number of halogens is 1. The van der Waals surface area contributed by atoms with E-state index in [1.54, 1.807) is 0 Å². The van der Waals surface area contributed by atoms with Crippen molar-refractivity contribution in [2.75, 3.05) is 6.26 Å². The van der Waals surface area contributed by atoms with Crippen LogP contribution in [0.4, 0.5) is 4.39 Å². The number of rotatable bonds is 3. The molecule has 1 unspecified atom stereocenters. The molecule has 1 aromatic rings. The van der Waals surface area contributed by atoms with Gasteiger partial charge in [0.1, 0.15) is 5.82 Å². The van der Waals surface area contributed by atoms with E-state index in [0.29, 0.717) is 0 Å². The van der Waals surface area contributed by atoms with Crippen LogP contribution in [0.2, 0.25) is 0 Å². The van der Waals surface area contributed by atoms with Gasteiger partial charge in [-0.1, -0.05) is 0 Å². The Balaban J connectivity index is 3.50. The molecule has 0 aliphatic carbocycles. The molecule has 0 radical (unpaired) electrons. The topological polar surface area (TPSA) is 71.4 Å². The lowest BCUT2D eigenvalue weighted by Crippen LogP contribution is -2.11. The fraction of sp³-hybridized carbons (Fsp3) is 0.364. The van der Waals surface area contributed by atoms with Crippen molar-refractivity contribution in [1.82, 2.24) is 0 Å². The van der Waals surface area contributed by atoms with Crippen LogP contribution in [0.25, 0.3) is 0 Å². The number of hydrogen-bond donors (Lipinski definition) is 1. The van der Waals surface area contributed by atoms with Gasteiger partial charge in [-0.05, 0) is 31.5 Å². The smallest absolute Gasteiger partial charge is 0.310 e. The van der Waals surface area contributed by atoms with Gasteiger partial charge in [0.25, 0.3) is 0 Å². The van der Waals surface area contributed by atoms with Gasteiger partial charge in [0, 0.05) is 11.8 Å². The minimum absolute atomic E-state index is 0.0398. The Hall–Kier alpha value is -1.43. The van der Waals surface area contributed by atoms with Crippen LogP contribution in [-0.4, -0.2) is 25.7 Å². The number of carboxylic acid groups (broad SMARTS) is 1. The largest absolute Gasteiger partial charge is 0.481 e. The van der Waals surface area contributed by atoms with E-state index in [0.717, 1.165) is 18.4 Å². The first-order valence-corrected chi connectivity index (χ1v) is 6.76. The zero-order chi connectivity index (χ0) is 13.4. The molecule has 1 atom stereocenters. The van der Waals surface area contributed by atoms with Crippen LogP contribution in [0.1, 0.15) is 24.0 Å². The Kier molecular flexibility index (Phi) is 3.56. The standard InChI is InChI=1S/C11H13FO4S/c1-6-4-9(12)8(7(2)11(13)14)5-10(6)17(3,15)16/h4-5,7H,1-3H3,(H,13,14). The lowest BCUT2D eigenvalue weighted by atomic mass is 9.99. The fourth-order valence-corrected chi connectivity index (χ4v) is 2.52. The molecule has 1 aromatic carbocycles. The van der Waals surface area contributed by atoms with Gasteiger partial charge in [-0.25, -0.2) is 12.8 Å². The second-order valence-electron chi connectivity index (χ2n) is 3.97. The molecular formula is C11H13FO4S. The van der Waals surface area contributed by atoms with E-state index in [1.807, 2.05) is 0 Å². The maximum Gasteiger partial charge on any atom is 0.310 e. The average molecular weight is 260 g/mol. The highest BCUT2D eigenvalue weighted by Gasteiger charge is 2.22. The predicted molar refractivity (Wildman–Crippen MR) is 60.3 cm³/mol. The van der Waals surface area contributed by atoms with Crippen LogP contribution in [-0.2, 0) is 14.6 Å². The Labute approximate surface area is 99.0 Å². The first-order chi connectivity index (χ1) is 7.64. The molecule has 0 fully saturated rings. The SMILES string of the molecule is Cc1cc(F)c(C(C)C(=O)O)cc1S(C)(=O)=O. The zero-order valence-electron chi connectivity index (χ0n) is 9.69. The summed E-state index contributed by atoms with van der Waals surface area (Å²) in [7, 11) is -3.49. The molecule has 17 heavy (non-hydrogen) atoms. The van der Waals surface area contributed by atoms with Gasteiger partial charge < -0.3 is 5.11 Å². The lowest BCUT2D eigenvalue weighted by Gasteiger charge is -2.12. The van der Waals surface area contributed by atoms with Gasteiger partial charge in [0.2, 0.25) is 0 Å². The number of benzene rings is 1. The Morgan fingerprint density at radius 1 is 1.41 bits per heavy atom. The van der Waals surface area contributed by atoms with Crippen LogP contribution < -0.4 is 0 Å². The number of hydrogen-bond acceptors (Lipinski definition) is 3. The fourth-order valence-electron chi connectivity index (χ4n) is 1.53. The third-order valence-corrected chi connectivity index (χ3v) is 3.77. The number of carboxylic acids is 1. The summed E-state index contributed by atoms with van der Waals surface area (Å²) in [5, 5.41) is 8.81. The summed E-state index contributed by atoms with van der Waals surface area (Å²) in [6.07, 6.45) is 1.00. The van der Waals surface area contributed by atoms with Crippen LogP contribution in [0.15, 0.2) is 17.0 Å². The van der Waals surface area contributed by atoms with E-state index in [2.05, 4.69) is 0 Å². The Morgan fingerprint density at radius 2 is 1.94 bits per heavy atom. The third kappa shape index (κ3) is 2.82. The maximum atomic E-state index is 13.6. The van der Waals surface area contributed by atoms with E-state index in [4.69, 9.17) is 5.11 Å². The minimum atomic E-state index is -3.49. The molecule has 1 N–H and O–H groups in total. The summed E-state index contributed by atoms with van der Waals surface area (Å²) >= 11 is 0. The van der Waals surface area contributed by atoms with Crippen molar-refractivity contribution < 1.29 is 22.7 Å². The quantitative estimate of drug-likeness (QED) is 0.840. The summed E-state index contributed by atoms with van der Waals surface area (Å²) in [6, 6.07) is 2.14. The molecule has 0 aromatic heterocycles. The Morgan fingerprint density at radius 3 is 2.35 bits per heavy atom. The van der Waals surface area contributed by atoms with Crippen LogP contribution >= 0.6 is 0 Å². The minimum Gasteiger partial charge on any atom is -0.481 e. The van der Waals surface area contributed by atoms with Gasteiger partial charge in [-0.2, -0.15) is 0 Å². The Bertz CT molecular complexity index is 563. The first-order valence-electron chi connectivity index (χ1n) is 4.87. The summed E-state index contributed by atoms with van der Waals surface area (Å²) in [5.74, 6) is -2.99. The average Bonchev–Trinajstić information content (AvgIpc) is 2.14. The third-order valence-electron chi connectivity index (χ3n) is 2.53. The number of sulfone groups is 1. The van der Waals surface area contributed by atoms with E-state index < -0.39 is 27.5 Å². The molecule has 0 bridgehead atoms. The summed E-state index contributed by atoms with van der Waals surface area (Å²) < 4.78 is 36.5. The molecule has 0 spiro atoms. The molecule has 0 heterocycles. The van der Waals surface area contributed by atoms with Gasteiger partial charge in [-0.15, -0.1) is 0 Å². The van der Waals surface area contributed by atoms with Crippen molar-refractivity contribution in [2.45, 2.75) is 24.7 Å². The molecular weight excluding hydrogens is 247 g/mol. The second kappa shape index (κ2) is 4.44. The molecule has 94 valence electrons. The summed E-state index contributed by atoms with van der Waals surface area (Å²) in [6.45, 7) is 2.77. The van der Waals surface area contributed by atoms with Gasteiger partial charge in [-0.3, -0.25) is 4.79 Å². The van der Waals surface area contributed by atoms with E-state index >= 15 is 0 Å². The first kappa shape index (κ1) is 13.6. The van der Waals surface area contributed by atoms with Crippen molar-refractivity contribution in [3.63, 3.8) is 0 Å². The van der Waals surface area contributed by atoms with Crippen molar-refractivity contribution >= 4 is 15.8 Å². The predicted octanol–water partition coefficient (Wildman–Crippen LogP) is 1.73. The highest BCUT2D eigenvalue weighted by Crippen LogP contribution is 2.25. The summed E-state index contributed by atoms with van der Waals surface area (Å²) in [4.78, 5) is 10.7. The number of aliphatic carboxylic acids is 1. The van der Waals surface area contributed by atoms with Crippen molar-refractivity contribution in [1.29, 1.82) is 0 Å². The summed E-state index contributed by atoms with van der Waals surface area (Å²) in [5.41, 5.74) is 0.148. The number of carbonyl (C=O) groups is 1. The van der Waals surface area contributed by atoms with E-state index in [9.17, 15) is 17.6 Å². The van der Waals surface area contributed by atoms with Crippen LogP contribution in [0.5, 0.6) is 0 Å². The van der Waals surface area contributed by atoms with Crippen molar-refractivity contribution in [3.8, 4) is 0 Å². The lowest BCUT2D eigenvalue weighted by molar-refractivity contribution is -0.138. The molecule has 0 aliphatic rings. The molecule has 0 saturated carbocycles.